The van der Waals surface area contributed by atoms with Crippen LogP contribution in [0.1, 0.15) is 58.2 Å². The molecule has 8 nitrogen and oxygen atoms in total. The number of rotatable bonds is 12. The van der Waals surface area contributed by atoms with Gasteiger partial charge in [0.2, 0.25) is 0 Å². The Hall–Kier alpha value is -2.29. The van der Waals surface area contributed by atoms with Crippen LogP contribution in [0.5, 0.6) is 0 Å². The first-order valence-corrected chi connectivity index (χ1v) is 16.3. The van der Waals surface area contributed by atoms with Crippen LogP contribution < -0.4 is 10.6 Å². The summed E-state index contributed by atoms with van der Waals surface area (Å²) in [6.07, 6.45) is 1.98. The van der Waals surface area contributed by atoms with E-state index in [1.807, 2.05) is 38.5 Å². The predicted molar refractivity (Wildman–Crippen MR) is 146 cm³/mol. The number of anilines is 2. The molecule has 0 unspecified atom stereocenters. The molecule has 0 aliphatic carbocycles. The number of thiophene rings is 2. The zero-order valence-corrected chi connectivity index (χ0v) is 23.8. The Bertz CT molecular complexity index is 994. The van der Waals surface area contributed by atoms with Gasteiger partial charge in [-0.25, -0.2) is 0 Å². The Labute approximate surface area is 215 Å². The zero-order chi connectivity index (χ0) is 26.2. The van der Waals surface area contributed by atoms with Crippen molar-refractivity contribution in [2.24, 2.45) is 0 Å². The third kappa shape index (κ3) is 7.35. The number of esters is 2. The summed E-state index contributed by atoms with van der Waals surface area (Å²) >= 11 is 2.48. The average molecular weight is 543 g/mol. The number of aryl methyl sites for hydroxylation is 2. The summed E-state index contributed by atoms with van der Waals surface area (Å²) in [4.78, 5) is 51.4. The van der Waals surface area contributed by atoms with Crippen LogP contribution in [0.25, 0.3) is 0 Å². The quantitative estimate of drug-likeness (QED) is 0.284. The molecular weight excluding hydrogens is 507 g/mol. The molecule has 2 aromatic heterocycles. The number of amides is 2. The average Bonchev–Trinajstić information content (AvgIpc) is 3.36. The molecule has 0 aliphatic heterocycles. The first kappa shape index (κ1) is 28.9. The van der Waals surface area contributed by atoms with Crippen molar-refractivity contribution in [3.8, 4) is 0 Å². The second kappa shape index (κ2) is 13.1. The van der Waals surface area contributed by atoms with Crippen LogP contribution in [-0.4, -0.2) is 61.6 Å². The van der Waals surface area contributed by atoms with Gasteiger partial charge in [0, 0.05) is 0 Å². The minimum atomic E-state index is -2.34. The molecule has 2 heterocycles. The van der Waals surface area contributed by atoms with E-state index in [1.54, 1.807) is 13.8 Å². The fourth-order valence-corrected chi connectivity index (χ4v) is 8.71. The van der Waals surface area contributed by atoms with E-state index >= 15 is 0 Å². The molecule has 11 heteroatoms. The number of carbonyl (C=O) groups excluding carboxylic acids is 4. The van der Waals surface area contributed by atoms with Crippen molar-refractivity contribution in [2.45, 2.75) is 41.5 Å². The van der Waals surface area contributed by atoms with Crippen molar-refractivity contribution >= 4 is 65.1 Å². The SMILES string of the molecule is CCOC(=O)c1scc(C)c1NC(=O)C[PH](CC)(CC)CC(=O)Nc1c(C)csc1C(=O)OCC. The van der Waals surface area contributed by atoms with E-state index in [-0.39, 0.29) is 37.4 Å². The van der Waals surface area contributed by atoms with E-state index in [0.29, 0.717) is 21.1 Å². The van der Waals surface area contributed by atoms with Gasteiger partial charge in [0.05, 0.1) is 0 Å². The van der Waals surface area contributed by atoms with Crippen LogP contribution in [0.4, 0.5) is 11.4 Å². The summed E-state index contributed by atoms with van der Waals surface area (Å²) in [6, 6.07) is 0. The summed E-state index contributed by atoms with van der Waals surface area (Å²) in [5.74, 6) is -1.34. The van der Waals surface area contributed by atoms with Crippen LogP contribution in [-0.2, 0) is 19.1 Å². The number of nitrogens with one attached hydrogen (secondary N) is 2. The molecule has 0 aromatic carbocycles. The number of carbonyl (C=O) groups is 4. The Morgan fingerprint density at radius 1 is 0.743 bits per heavy atom. The number of hydrogen-bond acceptors (Lipinski definition) is 8. The molecule has 2 N–H and O–H groups in total. The molecule has 0 bridgehead atoms. The van der Waals surface area contributed by atoms with Crippen LogP contribution in [0.2, 0.25) is 0 Å². The molecule has 194 valence electrons. The summed E-state index contributed by atoms with van der Waals surface area (Å²) in [5.41, 5.74) is 2.55. The number of hydrogen-bond donors (Lipinski definition) is 2. The summed E-state index contributed by atoms with van der Waals surface area (Å²) in [7, 11) is -2.34. The molecule has 0 radical (unpaired) electrons. The van der Waals surface area contributed by atoms with Gasteiger partial charge in [-0.15, -0.1) is 0 Å². The minimum absolute atomic E-state index is 0.209. The van der Waals surface area contributed by atoms with Crippen LogP contribution in [0.15, 0.2) is 10.8 Å². The zero-order valence-electron chi connectivity index (χ0n) is 21.2. The van der Waals surface area contributed by atoms with Crippen LogP contribution in [0.3, 0.4) is 0 Å². The van der Waals surface area contributed by atoms with Crippen molar-refractivity contribution < 1.29 is 28.7 Å². The van der Waals surface area contributed by atoms with E-state index in [0.717, 1.165) is 23.5 Å². The molecule has 0 fully saturated rings. The molecule has 35 heavy (non-hydrogen) atoms. The Kier molecular flexibility index (Phi) is 10.9. The van der Waals surface area contributed by atoms with Gasteiger partial charge in [-0.3, -0.25) is 0 Å². The molecule has 2 aromatic rings. The molecule has 2 amide bonds. The topological polar surface area (TPSA) is 111 Å². The monoisotopic (exact) mass is 542 g/mol. The van der Waals surface area contributed by atoms with Gasteiger partial charge in [0.15, 0.2) is 0 Å². The van der Waals surface area contributed by atoms with Gasteiger partial charge in [-0.05, 0) is 0 Å². The normalized spacial score (nSPS) is 11.6. The molecule has 2 rings (SSSR count). The van der Waals surface area contributed by atoms with Crippen molar-refractivity contribution in [3.63, 3.8) is 0 Å². The predicted octanol–water partition coefficient (Wildman–Crippen LogP) is 5.15. The summed E-state index contributed by atoms with van der Waals surface area (Å²) in [5, 5.41) is 9.42. The Morgan fingerprint density at radius 3 is 1.43 bits per heavy atom. The third-order valence-corrected chi connectivity index (χ3v) is 13.3. The second-order valence-electron chi connectivity index (χ2n) is 8.34. The van der Waals surface area contributed by atoms with Gasteiger partial charge in [0.1, 0.15) is 0 Å². The van der Waals surface area contributed by atoms with Crippen LogP contribution in [0, 0.1) is 13.8 Å². The van der Waals surface area contributed by atoms with Gasteiger partial charge in [0.25, 0.3) is 0 Å². The maximum absolute atomic E-state index is 13.1. The molecule has 0 spiro atoms. The molecular formula is C24H35N2O6PS2. The van der Waals surface area contributed by atoms with E-state index < -0.39 is 19.2 Å². The van der Waals surface area contributed by atoms with Crippen molar-refractivity contribution in [2.75, 3.05) is 48.5 Å². The van der Waals surface area contributed by atoms with Crippen molar-refractivity contribution in [1.82, 2.24) is 0 Å². The van der Waals surface area contributed by atoms with E-state index in [2.05, 4.69) is 10.6 Å². The van der Waals surface area contributed by atoms with Crippen molar-refractivity contribution in [3.05, 3.63) is 31.6 Å². The van der Waals surface area contributed by atoms with E-state index in [4.69, 9.17) is 9.47 Å². The van der Waals surface area contributed by atoms with Crippen LogP contribution >= 0.6 is 29.9 Å². The third-order valence-electron chi connectivity index (χ3n) is 5.97. The van der Waals surface area contributed by atoms with Gasteiger partial charge >= 0.3 is 215 Å². The summed E-state index contributed by atoms with van der Waals surface area (Å²) in [6.45, 7) is 11.7. The first-order valence-electron chi connectivity index (χ1n) is 11.7. The Morgan fingerprint density at radius 2 is 1.11 bits per heavy atom. The molecule has 0 atom stereocenters. The molecule has 0 saturated carbocycles. The van der Waals surface area contributed by atoms with Crippen molar-refractivity contribution in [1.29, 1.82) is 0 Å². The fraction of sp³-hybridized carbons (Fsp3) is 0.500. The maximum atomic E-state index is 13.1. The van der Waals surface area contributed by atoms with Gasteiger partial charge < -0.3 is 0 Å². The van der Waals surface area contributed by atoms with Gasteiger partial charge in [-0.2, -0.15) is 0 Å². The van der Waals surface area contributed by atoms with E-state index in [1.165, 1.54) is 22.7 Å². The molecule has 0 aliphatic rings. The standard InChI is InChI=1S/C24H35N2O6PS2/c1-7-31-23(29)21-19(15(5)13-34-21)25-17(27)11-33(9-3,10-4)12-18(28)26-20-16(6)14-35-22(20)24(30)32-8-2/h13-14,33H,7-12H2,1-6H3,(H,25,27)(H,26,28). The summed E-state index contributed by atoms with van der Waals surface area (Å²) < 4.78 is 10.2. The molecule has 0 saturated heterocycles. The first-order chi connectivity index (χ1) is 16.6. The second-order valence-corrected chi connectivity index (χ2v) is 15.2. The number of ether oxygens (including phenoxy) is 2. The fourth-order valence-electron chi connectivity index (χ4n) is 3.75. The Balaban J connectivity index is 2.15. The van der Waals surface area contributed by atoms with Gasteiger partial charge in [-0.1, -0.05) is 0 Å². The van der Waals surface area contributed by atoms with E-state index in [9.17, 15) is 19.2 Å².